The third-order valence-electron chi connectivity index (χ3n) is 4.10. The largest absolute Gasteiger partial charge is 0.546 e. The molecule has 0 aliphatic rings. The molecule has 1 aromatic heterocycles. The summed E-state index contributed by atoms with van der Waals surface area (Å²) in [5.74, 6) is -0.862. The minimum Gasteiger partial charge on any atom is -0.546 e. The summed E-state index contributed by atoms with van der Waals surface area (Å²) in [6.07, 6.45) is 4.39. The molecule has 0 spiro atoms. The van der Waals surface area contributed by atoms with E-state index in [1.807, 2.05) is 30.3 Å². The number of hydrogen-bond acceptors (Lipinski definition) is 5. The van der Waals surface area contributed by atoms with Crippen LogP contribution in [-0.4, -0.2) is 25.8 Å². The normalized spacial score (nSPS) is 10.9. The van der Waals surface area contributed by atoms with Gasteiger partial charge in [-0.05, 0) is 30.9 Å². The van der Waals surface area contributed by atoms with Crippen molar-refractivity contribution in [2.24, 2.45) is 0 Å². The molecule has 0 saturated heterocycles. The zero-order chi connectivity index (χ0) is 18.2. The molecule has 0 unspecified atom stereocenters. The molecule has 3 aromatic rings. The maximum atomic E-state index is 10.5. The number of carbonyl (C=O) groups excluding carboxylic acids is 1. The molecule has 3 rings (SSSR count). The van der Waals surface area contributed by atoms with Crippen LogP contribution in [0.1, 0.15) is 17.5 Å². The van der Waals surface area contributed by atoms with E-state index >= 15 is 0 Å². The van der Waals surface area contributed by atoms with Gasteiger partial charge in [0.2, 0.25) is 0 Å². The van der Waals surface area contributed by atoms with Gasteiger partial charge in [0.05, 0.1) is 18.8 Å². The van der Waals surface area contributed by atoms with Gasteiger partial charge >= 0.3 is 0 Å². The first kappa shape index (κ1) is 18.0. The number of rotatable bonds is 10. The zero-order valence-corrected chi connectivity index (χ0v) is 14.5. The number of fused-ring (bicyclic) bond motifs is 1. The Bertz CT molecular complexity index is 838. The van der Waals surface area contributed by atoms with Gasteiger partial charge in [-0.2, -0.15) is 0 Å². The SMILES string of the molecule is O=C([O-])COc1cccc2c(CCOCCCc3ccccc3)coc12. The molecule has 1 heterocycles. The number of aliphatic carboxylic acids is 1. The third-order valence-corrected chi connectivity index (χ3v) is 4.10. The molecule has 0 atom stereocenters. The van der Waals surface area contributed by atoms with Crippen molar-refractivity contribution in [3.8, 4) is 5.75 Å². The van der Waals surface area contributed by atoms with Gasteiger partial charge in [-0.3, -0.25) is 0 Å². The lowest BCUT2D eigenvalue weighted by molar-refractivity contribution is -0.307. The van der Waals surface area contributed by atoms with E-state index in [2.05, 4.69) is 12.1 Å². The number of para-hydroxylation sites is 1. The van der Waals surface area contributed by atoms with E-state index in [0.717, 1.165) is 30.2 Å². The van der Waals surface area contributed by atoms with Gasteiger partial charge in [-0.1, -0.05) is 42.5 Å². The topological polar surface area (TPSA) is 71.7 Å². The van der Waals surface area contributed by atoms with E-state index < -0.39 is 12.6 Å². The third kappa shape index (κ3) is 4.86. The van der Waals surface area contributed by atoms with Gasteiger partial charge in [0, 0.05) is 17.6 Å². The molecule has 0 fully saturated rings. The predicted molar refractivity (Wildman–Crippen MR) is 96.0 cm³/mol. The second kappa shape index (κ2) is 9.06. The van der Waals surface area contributed by atoms with Gasteiger partial charge < -0.3 is 23.8 Å². The lowest BCUT2D eigenvalue weighted by Gasteiger charge is -2.07. The van der Waals surface area contributed by atoms with Gasteiger partial charge in [0.1, 0.15) is 6.61 Å². The summed E-state index contributed by atoms with van der Waals surface area (Å²) in [5, 5.41) is 11.5. The van der Waals surface area contributed by atoms with Gasteiger partial charge in [0.15, 0.2) is 11.3 Å². The summed E-state index contributed by atoms with van der Waals surface area (Å²) in [6, 6.07) is 15.8. The van der Waals surface area contributed by atoms with Crippen LogP contribution in [0.15, 0.2) is 59.2 Å². The molecule has 5 nitrogen and oxygen atoms in total. The number of carboxylic acid groups (broad SMARTS) is 1. The van der Waals surface area contributed by atoms with E-state index in [0.29, 0.717) is 24.5 Å². The van der Waals surface area contributed by atoms with Crippen molar-refractivity contribution in [1.29, 1.82) is 0 Å². The monoisotopic (exact) mass is 353 g/mol. The number of aryl methyl sites for hydroxylation is 1. The summed E-state index contributed by atoms with van der Waals surface area (Å²) in [5.41, 5.74) is 2.89. The number of carboxylic acids is 1. The fraction of sp³-hybridized carbons (Fsp3) is 0.286. The predicted octanol–water partition coefficient (Wildman–Crippen LogP) is 2.75. The average Bonchev–Trinajstić information content (AvgIpc) is 3.07. The number of furan rings is 1. The Kier molecular flexibility index (Phi) is 6.28. The van der Waals surface area contributed by atoms with E-state index in [-0.39, 0.29) is 0 Å². The molecule has 5 heteroatoms. The van der Waals surface area contributed by atoms with Crippen molar-refractivity contribution in [1.82, 2.24) is 0 Å². The summed E-state index contributed by atoms with van der Waals surface area (Å²) in [4.78, 5) is 10.5. The first-order valence-corrected chi connectivity index (χ1v) is 8.67. The lowest BCUT2D eigenvalue weighted by Crippen LogP contribution is -2.28. The standard InChI is InChI=1S/C21H22O5/c22-20(23)15-25-19-10-4-9-18-17(14-26-21(18)19)11-13-24-12-5-8-16-6-2-1-3-7-16/h1-4,6-7,9-10,14H,5,8,11-13,15H2,(H,22,23)/p-1. The van der Waals surface area contributed by atoms with Crippen molar-refractivity contribution < 1.29 is 23.8 Å². The number of carbonyl (C=O) groups is 1. The first-order valence-electron chi connectivity index (χ1n) is 8.67. The summed E-state index contributed by atoms with van der Waals surface area (Å²) < 4.78 is 16.5. The average molecular weight is 353 g/mol. The molecule has 2 aromatic carbocycles. The van der Waals surface area contributed by atoms with Crippen LogP contribution in [0.5, 0.6) is 5.75 Å². The Morgan fingerprint density at radius 2 is 1.85 bits per heavy atom. The molecule has 0 aliphatic carbocycles. The van der Waals surface area contributed by atoms with Gasteiger partial charge in [-0.25, -0.2) is 0 Å². The van der Waals surface area contributed by atoms with Crippen LogP contribution < -0.4 is 9.84 Å². The van der Waals surface area contributed by atoms with Gasteiger partial charge in [0.25, 0.3) is 0 Å². The fourth-order valence-electron chi connectivity index (χ4n) is 2.83. The highest BCUT2D eigenvalue weighted by Crippen LogP contribution is 2.30. The minimum atomic E-state index is -1.27. The van der Waals surface area contributed by atoms with E-state index in [1.165, 1.54) is 5.56 Å². The molecule has 0 bridgehead atoms. The summed E-state index contributed by atoms with van der Waals surface area (Å²) in [7, 11) is 0. The second-order valence-electron chi connectivity index (χ2n) is 6.01. The highest BCUT2D eigenvalue weighted by atomic mass is 16.5. The molecule has 0 aliphatic heterocycles. The van der Waals surface area contributed by atoms with E-state index in [1.54, 1.807) is 12.3 Å². The van der Waals surface area contributed by atoms with E-state index in [4.69, 9.17) is 13.9 Å². The van der Waals surface area contributed by atoms with Crippen LogP contribution >= 0.6 is 0 Å². The molecule has 0 radical (unpaired) electrons. The minimum absolute atomic E-state index is 0.404. The van der Waals surface area contributed by atoms with Crippen molar-refractivity contribution >= 4 is 16.9 Å². The smallest absolute Gasteiger partial charge is 0.175 e. The first-order chi connectivity index (χ1) is 12.7. The van der Waals surface area contributed by atoms with Crippen LogP contribution in [0.25, 0.3) is 11.0 Å². The maximum Gasteiger partial charge on any atom is 0.175 e. The van der Waals surface area contributed by atoms with Crippen molar-refractivity contribution in [3.63, 3.8) is 0 Å². The van der Waals surface area contributed by atoms with Crippen LogP contribution in [0.2, 0.25) is 0 Å². The second-order valence-corrected chi connectivity index (χ2v) is 6.01. The lowest BCUT2D eigenvalue weighted by atomic mass is 10.1. The zero-order valence-electron chi connectivity index (χ0n) is 14.5. The molecular weight excluding hydrogens is 332 g/mol. The highest BCUT2D eigenvalue weighted by molar-refractivity contribution is 5.86. The highest BCUT2D eigenvalue weighted by Gasteiger charge is 2.10. The molecule has 0 amide bonds. The Hall–Kier alpha value is -2.79. The van der Waals surface area contributed by atoms with Crippen LogP contribution in [-0.2, 0) is 22.4 Å². The molecule has 0 saturated carbocycles. The quantitative estimate of drug-likeness (QED) is 0.524. The molecule has 26 heavy (non-hydrogen) atoms. The van der Waals surface area contributed by atoms with Crippen LogP contribution in [0, 0.1) is 0 Å². The Morgan fingerprint density at radius 1 is 1.00 bits per heavy atom. The van der Waals surface area contributed by atoms with E-state index in [9.17, 15) is 9.90 Å². The Labute approximate surface area is 152 Å². The van der Waals surface area contributed by atoms with Crippen LogP contribution in [0.4, 0.5) is 0 Å². The molecule has 0 N–H and O–H groups in total. The molecular formula is C21H21O5-. The number of hydrogen-bond donors (Lipinski definition) is 0. The Balaban J connectivity index is 1.47. The maximum absolute atomic E-state index is 10.5. The molecule has 136 valence electrons. The number of benzene rings is 2. The Morgan fingerprint density at radius 3 is 2.65 bits per heavy atom. The summed E-state index contributed by atoms with van der Waals surface area (Å²) >= 11 is 0. The number of ether oxygens (including phenoxy) is 2. The van der Waals surface area contributed by atoms with Crippen molar-refractivity contribution in [2.75, 3.05) is 19.8 Å². The summed E-state index contributed by atoms with van der Waals surface area (Å²) in [6.45, 7) is 0.817. The van der Waals surface area contributed by atoms with Crippen molar-refractivity contribution in [2.45, 2.75) is 19.3 Å². The van der Waals surface area contributed by atoms with Crippen molar-refractivity contribution in [3.05, 3.63) is 65.9 Å². The van der Waals surface area contributed by atoms with Crippen LogP contribution in [0.3, 0.4) is 0 Å². The van der Waals surface area contributed by atoms with Gasteiger partial charge in [-0.15, -0.1) is 0 Å². The fourth-order valence-corrected chi connectivity index (χ4v) is 2.83.